The van der Waals surface area contributed by atoms with Gasteiger partial charge in [0.15, 0.2) is 0 Å². The Labute approximate surface area is 111 Å². The molecule has 1 rings (SSSR count). The first-order chi connectivity index (χ1) is 8.20. The van der Waals surface area contributed by atoms with Gasteiger partial charge in [0.05, 0.1) is 0 Å². The van der Waals surface area contributed by atoms with Crippen LogP contribution in [0.15, 0.2) is 0 Å². The standard InChI is InChI=1S/C14H28N2O2/c1-10-7-15-8-11(2)12(3)16(9-10)13(17)18-14(4,5)6/h10-12,15H,7-9H2,1-6H3. The maximum absolute atomic E-state index is 12.3. The average Bonchev–Trinajstić information content (AvgIpc) is 2.20. The van der Waals surface area contributed by atoms with E-state index in [2.05, 4.69) is 26.1 Å². The summed E-state index contributed by atoms with van der Waals surface area (Å²) in [5.41, 5.74) is -0.427. The lowest BCUT2D eigenvalue weighted by atomic mass is 9.98. The van der Waals surface area contributed by atoms with E-state index in [0.29, 0.717) is 11.8 Å². The highest BCUT2D eigenvalue weighted by molar-refractivity contribution is 5.68. The van der Waals surface area contributed by atoms with Crippen molar-refractivity contribution in [3.63, 3.8) is 0 Å². The molecular weight excluding hydrogens is 228 g/mol. The molecule has 1 heterocycles. The molecule has 0 aromatic rings. The number of ether oxygens (including phenoxy) is 1. The predicted octanol–water partition coefficient (Wildman–Crippen LogP) is 2.49. The molecule has 0 aliphatic carbocycles. The van der Waals surface area contributed by atoms with E-state index in [4.69, 9.17) is 4.74 Å². The summed E-state index contributed by atoms with van der Waals surface area (Å²) in [6.45, 7) is 14.8. The van der Waals surface area contributed by atoms with E-state index >= 15 is 0 Å². The maximum atomic E-state index is 12.3. The third-order valence-electron chi connectivity index (χ3n) is 3.41. The van der Waals surface area contributed by atoms with Gasteiger partial charge < -0.3 is 15.0 Å². The molecule has 1 saturated heterocycles. The second-order valence-corrected chi connectivity index (χ2v) is 6.61. The van der Waals surface area contributed by atoms with Crippen LogP contribution in [0.1, 0.15) is 41.5 Å². The molecule has 0 aromatic heterocycles. The Bertz CT molecular complexity index is 286. The summed E-state index contributed by atoms with van der Waals surface area (Å²) in [6.07, 6.45) is -0.185. The minimum Gasteiger partial charge on any atom is -0.444 e. The van der Waals surface area contributed by atoms with Gasteiger partial charge in [-0.15, -0.1) is 0 Å². The van der Waals surface area contributed by atoms with Crippen molar-refractivity contribution in [3.05, 3.63) is 0 Å². The first kappa shape index (κ1) is 15.3. The van der Waals surface area contributed by atoms with Gasteiger partial charge in [-0.2, -0.15) is 0 Å². The second-order valence-electron chi connectivity index (χ2n) is 6.61. The smallest absolute Gasteiger partial charge is 0.410 e. The van der Waals surface area contributed by atoms with E-state index in [0.717, 1.165) is 19.6 Å². The molecule has 0 spiro atoms. The molecule has 0 radical (unpaired) electrons. The lowest BCUT2D eigenvalue weighted by Crippen LogP contribution is -2.51. The van der Waals surface area contributed by atoms with Gasteiger partial charge in [-0.1, -0.05) is 13.8 Å². The zero-order valence-electron chi connectivity index (χ0n) is 12.6. The van der Waals surface area contributed by atoms with Gasteiger partial charge in [-0.3, -0.25) is 0 Å². The Balaban J connectivity index is 2.76. The molecule has 4 heteroatoms. The number of amides is 1. The Hall–Kier alpha value is -0.770. The molecule has 1 fully saturated rings. The fourth-order valence-electron chi connectivity index (χ4n) is 2.16. The number of rotatable bonds is 0. The van der Waals surface area contributed by atoms with Gasteiger partial charge in [0.2, 0.25) is 0 Å². The fourth-order valence-corrected chi connectivity index (χ4v) is 2.16. The van der Waals surface area contributed by atoms with Crippen LogP contribution >= 0.6 is 0 Å². The highest BCUT2D eigenvalue weighted by atomic mass is 16.6. The van der Waals surface area contributed by atoms with Crippen LogP contribution in [0.5, 0.6) is 0 Å². The summed E-state index contributed by atoms with van der Waals surface area (Å²) in [5, 5.41) is 3.45. The molecule has 3 atom stereocenters. The molecule has 18 heavy (non-hydrogen) atoms. The lowest BCUT2D eigenvalue weighted by Gasteiger charge is -2.38. The van der Waals surface area contributed by atoms with Crippen LogP contribution in [-0.4, -0.2) is 42.3 Å². The van der Waals surface area contributed by atoms with E-state index < -0.39 is 5.60 Å². The van der Waals surface area contributed by atoms with Gasteiger partial charge in [-0.25, -0.2) is 4.79 Å². The molecule has 4 nitrogen and oxygen atoms in total. The SMILES string of the molecule is CC1CNCC(C)C(C)N(C(=O)OC(C)(C)C)C1. The number of hydrogen-bond acceptors (Lipinski definition) is 3. The summed E-state index contributed by atoms with van der Waals surface area (Å²) in [4.78, 5) is 14.2. The quantitative estimate of drug-likeness (QED) is 0.724. The monoisotopic (exact) mass is 256 g/mol. The highest BCUT2D eigenvalue weighted by Crippen LogP contribution is 2.19. The van der Waals surface area contributed by atoms with Crippen LogP contribution in [0.4, 0.5) is 4.79 Å². The van der Waals surface area contributed by atoms with Crippen molar-refractivity contribution in [2.45, 2.75) is 53.2 Å². The van der Waals surface area contributed by atoms with Gasteiger partial charge >= 0.3 is 6.09 Å². The number of carbonyl (C=O) groups is 1. The number of carbonyl (C=O) groups excluding carboxylic acids is 1. The first-order valence-corrected chi connectivity index (χ1v) is 6.91. The summed E-state index contributed by atoms with van der Waals surface area (Å²) >= 11 is 0. The van der Waals surface area contributed by atoms with Crippen molar-refractivity contribution < 1.29 is 9.53 Å². The molecule has 0 aromatic carbocycles. The predicted molar refractivity (Wildman–Crippen MR) is 73.6 cm³/mol. The fraction of sp³-hybridized carbons (Fsp3) is 0.929. The zero-order chi connectivity index (χ0) is 13.9. The summed E-state index contributed by atoms with van der Waals surface area (Å²) < 4.78 is 5.51. The first-order valence-electron chi connectivity index (χ1n) is 6.91. The van der Waals surface area contributed by atoms with E-state index in [1.54, 1.807) is 0 Å². The molecule has 3 unspecified atom stereocenters. The lowest BCUT2D eigenvalue weighted by molar-refractivity contribution is 0.00688. The van der Waals surface area contributed by atoms with Crippen LogP contribution in [-0.2, 0) is 4.74 Å². The van der Waals surface area contributed by atoms with Crippen LogP contribution in [0.3, 0.4) is 0 Å². The van der Waals surface area contributed by atoms with Gasteiger partial charge in [-0.05, 0) is 52.6 Å². The molecule has 1 amide bonds. The summed E-state index contributed by atoms with van der Waals surface area (Å²) in [5.74, 6) is 0.887. The van der Waals surface area contributed by atoms with Gasteiger partial charge in [0, 0.05) is 12.6 Å². The minimum absolute atomic E-state index is 0.185. The molecule has 0 bridgehead atoms. The van der Waals surface area contributed by atoms with Gasteiger partial charge in [0.1, 0.15) is 5.60 Å². The molecular formula is C14H28N2O2. The van der Waals surface area contributed by atoms with Crippen LogP contribution in [0.2, 0.25) is 0 Å². The van der Waals surface area contributed by atoms with Crippen molar-refractivity contribution in [3.8, 4) is 0 Å². The van der Waals surface area contributed by atoms with Crippen LogP contribution < -0.4 is 5.32 Å². The van der Waals surface area contributed by atoms with Crippen LogP contribution in [0.25, 0.3) is 0 Å². The molecule has 106 valence electrons. The number of hydrogen-bond donors (Lipinski definition) is 1. The zero-order valence-corrected chi connectivity index (χ0v) is 12.6. The topological polar surface area (TPSA) is 41.6 Å². The van der Waals surface area contributed by atoms with Crippen LogP contribution in [0, 0.1) is 11.8 Å². The van der Waals surface area contributed by atoms with E-state index in [1.807, 2.05) is 25.7 Å². The molecule has 1 N–H and O–H groups in total. The Morgan fingerprint density at radius 1 is 1.22 bits per heavy atom. The summed E-state index contributed by atoms with van der Waals surface area (Å²) in [7, 11) is 0. The largest absolute Gasteiger partial charge is 0.444 e. The molecule has 1 aliphatic heterocycles. The van der Waals surface area contributed by atoms with Crippen molar-refractivity contribution in [1.29, 1.82) is 0 Å². The third-order valence-corrected chi connectivity index (χ3v) is 3.41. The van der Waals surface area contributed by atoms with Crippen molar-refractivity contribution >= 4 is 6.09 Å². The Kier molecular flexibility index (Phi) is 5.02. The third kappa shape index (κ3) is 4.48. The summed E-state index contributed by atoms with van der Waals surface area (Å²) in [6, 6.07) is 0.204. The average molecular weight is 256 g/mol. The molecule has 1 aliphatic rings. The van der Waals surface area contributed by atoms with Crippen molar-refractivity contribution in [2.75, 3.05) is 19.6 Å². The number of nitrogens with zero attached hydrogens (tertiary/aromatic N) is 1. The van der Waals surface area contributed by atoms with E-state index in [1.165, 1.54) is 0 Å². The van der Waals surface area contributed by atoms with Crippen molar-refractivity contribution in [2.24, 2.45) is 11.8 Å². The molecule has 0 saturated carbocycles. The van der Waals surface area contributed by atoms with Gasteiger partial charge in [0.25, 0.3) is 0 Å². The second kappa shape index (κ2) is 5.91. The van der Waals surface area contributed by atoms with Crippen molar-refractivity contribution in [1.82, 2.24) is 10.2 Å². The Morgan fingerprint density at radius 2 is 1.83 bits per heavy atom. The normalized spacial score (nSPS) is 30.6. The highest BCUT2D eigenvalue weighted by Gasteiger charge is 2.31. The Morgan fingerprint density at radius 3 is 2.39 bits per heavy atom. The maximum Gasteiger partial charge on any atom is 0.410 e. The number of nitrogens with one attached hydrogen (secondary N) is 1. The van der Waals surface area contributed by atoms with E-state index in [-0.39, 0.29) is 12.1 Å². The van der Waals surface area contributed by atoms with E-state index in [9.17, 15) is 4.79 Å². The minimum atomic E-state index is -0.427.